The number of hydrogen-bond donors (Lipinski definition) is 0. The fourth-order valence-corrected chi connectivity index (χ4v) is 2.39. The van der Waals surface area contributed by atoms with E-state index in [1.54, 1.807) is 0 Å². The van der Waals surface area contributed by atoms with E-state index in [0.29, 0.717) is 5.41 Å². The fourth-order valence-electron chi connectivity index (χ4n) is 1.88. The predicted octanol–water partition coefficient (Wildman–Crippen LogP) is 3.83. The highest BCUT2D eigenvalue weighted by Crippen LogP contribution is 2.56. The molecule has 0 aromatic carbocycles. The maximum Gasteiger partial charge on any atom is 0.0282 e. The first-order valence-corrected chi connectivity index (χ1v) is 5.34. The second-order valence-corrected chi connectivity index (χ2v) is 4.33. The molecule has 66 valence electrons. The van der Waals surface area contributed by atoms with Crippen LogP contribution in [-0.4, -0.2) is 5.88 Å². The average molecular weight is 175 g/mol. The molecule has 0 aromatic heterocycles. The second-order valence-electron chi connectivity index (χ2n) is 4.06. The highest BCUT2D eigenvalue weighted by atomic mass is 35.5. The first kappa shape index (κ1) is 9.38. The summed E-state index contributed by atoms with van der Waals surface area (Å²) >= 11 is 5.93. The molecule has 0 heterocycles. The summed E-state index contributed by atoms with van der Waals surface area (Å²) in [4.78, 5) is 0. The molecule has 1 aliphatic carbocycles. The zero-order valence-electron chi connectivity index (χ0n) is 7.70. The van der Waals surface area contributed by atoms with Crippen LogP contribution in [0.1, 0.15) is 46.0 Å². The van der Waals surface area contributed by atoms with Crippen molar-refractivity contribution in [1.82, 2.24) is 0 Å². The summed E-state index contributed by atoms with van der Waals surface area (Å²) in [7, 11) is 0. The largest absolute Gasteiger partial charge is 0.126 e. The van der Waals surface area contributed by atoms with Crippen LogP contribution in [0.4, 0.5) is 0 Å². The van der Waals surface area contributed by atoms with E-state index >= 15 is 0 Å². The van der Waals surface area contributed by atoms with E-state index in [4.69, 9.17) is 11.6 Å². The lowest BCUT2D eigenvalue weighted by atomic mass is 9.98. The Morgan fingerprint density at radius 3 is 2.45 bits per heavy atom. The van der Waals surface area contributed by atoms with Crippen molar-refractivity contribution in [2.24, 2.45) is 11.3 Å². The average Bonchev–Trinajstić information content (AvgIpc) is 2.64. The summed E-state index contributed by atoms with van der Waals surface area (Å²) < 4.78 is 0. The molecule has 1 heteroatoms. The van der Waals surface area contributed by atoms with Gasteiger partial charge in [-0.3, -0.25) is 0 Å². The van der Waals surface area contributed by atoms with Gasteiger partial charge in [0.15, 0.2) is 0 Å². The molecule has 11 heavy (non-hydrogen) atoms. The van der Waals surface area contributed by atoms with Crippen molar-refractivity contribution in [1.29, 1.82) is 0 Å². The van der Waals surface area contributed by atoms with Crippen molar-refractivity contribution < 1.29 is 0 Å². The minimum absolute atomic E-state index is 0.566. The van der Waals surface area contributed by atoms with Crippen molar-refractivity contribution >= 4 is 11.6 Å². The van der Waals surface area contributed by atoms with Crippen LogP contribution in [0.5, 0.6) is 0 Å². The lowest BCUT2D eigenvalue weighted by molar-refractivity contribution is 0.451. The van der Waals surface area contributed by atoms with Crippen molar-refractivity contribution in [2.75, 3.05) is 5.88 Å². The third kappa shape index (κ3) is 2.11. The second kappa shape index (κ2) is 3.80. The van der Waals surface area contributed by atoms with E-state index in [0.717, 1.165) is 11.8 Å². The number of hydrogen-bond acceptors (Lipinski definition) is 0. The maximum atomic E-state index is 5.93. The van der Waals surface area contributed by atoms with Gasteiger partial charge in [0.2, 0.25) is 0 Å². The van der Waals surface area contributed by atoms with Gasteiger partial charge in [0.25, 0.3) is 0 Å². The van der Waals surface area contributed by atoms with E-state index in [1.165, 1.54) is 32.1 Å². The zero-order chi connectivity index (χ0) is 8.32. The van der Waals surface area contributed by atoms with Crippen LogP contribution in [0.15, 0.2) is 0 Å². The van der Waals surface area contributed by atoms with Gasteiger partial charge in [0.05, 0.1) is 0 Å². The molecule has 2 atom stereocenters. The Labute approximate surface area is 75.3 Å². The third-order valence-electron chi connectivity index (χ3n) is 3.14. The van der Waals surface area contributed by atoms with E-state index in [-0.39, 0.29) is 0 Å². The van der Waals surface area contributed by atoms with Crippen LogP contribution in [0.25, 0.3) is 0 Å². The summed E-state index contributed by atoms with van der Waals surface area (Å²) in [6, 6.07) is 0. The standard InChI is InChI=1S/C10H19Cl/c1-3-4-5-6-10(8-11)7-9(10)2/h9H,3-8H2,1-2H3. The number of rotatable bonds is 5. The third-order valence-corrected chi connectivity index (χ3v) is 3.67. The molecule has 0 saturated heterocycles. The van der Waals surface area contributed by atoms with Gasteiger partial charge >= 0.3 is 0 Å². The van der Waals surface area contributed by atoms with Crippen molar-refractivity contribution in [3.63, 3.8) is 0 Å². The van der Waals surface area contributed by atoms with Crippen molar-refractivity contribution in [2.45, 2.75) is 46.0 Å². The highest BCUT2D eigenvalue weighted by molar-refractivity contribution is 6.18. The Balaban J connectivity index is 2.14. The van der Waals surface area contributed by atoms with Crippen LogP contribution in [0.2, 0.25) is 0 Å². The van der Waals surface area contributed by atoms with E-state index in [9.17, 15) is 0 Å². The summed E-state index contributed by atoms with van der Waals surface area (Å²) in [5.74, 6) is 1.79. The van der Waals surface area contributed by atoms with Crippen LogP contribution in [0.3, 0.4) is 0 Å². The lowest BCUT2D eigenvalue weighted by Gasteiger charge is -2.11. The van der Waals surface area contributed by atoms with E-state index in [2.05, 4.69) is 13.8 Å². The lowest BCUT2D eigenvalue weighted by Crippen LogP contribution is -2.04. The SMILES string of the molecule is CCCCCC1(CCl)CC1C. The summed E-state index contributed by atoms with van der Waals surface area (Å²) in [5, 5.41) is 0. The van der Waals surface area contributed by atoms with Crippen LogP contribution >= 0.6 is 11.6 Å². The highest BCUT2D eigenvalue weighted by Gasteiger charge is 2.49. The summed E-state index contributed by atoms with van der Waals surface area (Å²) in [5.41, 5.74) is 0.566. The molecule has 0 N–H and O–H groups in total. The summed E-state index contributed by atoms with van der Waals surface area (Å²) in [6.07, 6.45) is 6.83. The molecule has 2 unspecified atom stereocenters. The zero-order valence-corrected chi connectivity index (χ0v) is 8.45. The van der Waals surface area contributed by atoms with Crippen LogP contribution in [0, 0.1) is 11.3 Å². The van der Waals surface area contributed by atoms with Gasteiger partial charge in [-0.1, -0.05) is 33.1 Å². The number of halogens is 1. The van der Waals surface area contributed by atoms with Crippen molar-refractivity contribution in [3.8, 4) is 0 Å². The van der Waals surface area contributed by atoms with Crippen molar-refractivity contribution in [3.05, 3.63) is 0 Å². The quantitative estimate of drug-likeness (QED) is 0.439. The Hall–Kier alpha value is 0.290. The molecule has 1 fully saturated rings. The van der Waals surface area contributed by atoms with Gasteiger partial charge in [-0.15, -0.1) is 11.6 Å². The van der Waals surface area contributed by atoms with E-state index < -0.39 is 0 Å². The molecule has 0 aliphatic heterocycles. The molecule has 0 bridgehead atoms. The monoisotopic (exact) mass is 174 g/mol. The van der Waals surface area contributed by atoms with Gasteiger partial charge in [-0.25, -0.2) is 0 Å². The van der Waals surface area contributed by atoms with Gasteiger partial charge in [-0.05, 0) is 24.2 Å². The Morgan fingerprint density at radius 1 is 1.45 bits per heavy atom. The normalized spacial score (nSPS) is 35.7. The molecule has 0 radical (unpaired) electrons. The number of alkyl halides is 1. The molecular weight excluding hydrogens is 156 g/mol. The predicted molar refractivity (Wildman–Crippen MR) is 51.1 cm³/mol. The fraction of sp³-hybridized carbons (Fsp3) is 1.00. The molecule has 0 aromatic rings. The molecule has 0 amide bonds. The Morgan fingerprint density at radius 2 is 2.09 bits per heavy atom. The molecule has 1 rings (SSSR count). The minimum Gasteiger partial charge on any atom is -0.126 e. The molecule has 0 nitrogen and oxygen atoms in total. The van der Waals surface area contributed by atoms with Gasteiger partial charge in [0, 0.05) is 5.88 Å². The van der Waals surface area contributed by atoms with Gasteiger partial charge in [0.1, 0.15) is 0 Å². The Kier molecular flexibility index (Phi) is 3.24. The number of unbranched alkanes of at least 4 members (excludes halogenated alkanes) is 2. The van der Waals surface area contributed by atoms with Crippen LogP contribution < -0.4 is 0 Å². The molecule has 1 aliphatic rings. The van der Waals surface area contributed by atoms with Gasteiger partial charge in [-0.2, -0.15) is 0 Å². The van der Waals surface area contributed by atoms with Gasteiger partial charge < -0.3 is 0 Å². The van der Waals surface area contributed by atoms with Crippen LogP contribution in [-0.2, 0) is 0 Å². The Bertz CT molecular complexity index is 118. The first-order valence-electron chi connectivity index (χ1n) is 4.81. The smallest absolute Gasteiger partial charge is 0.0282 e. The molecular formula is C10H19Cl. The topological polar surface area (TPSA) is 0 Å². The summed E-state index contributed by atoms with van der Waals surface area (Å²) in [6.45, 7) is 4.58. The minimum atomic E-state index is 0.566. The molecule has 1 saturated carbocycles. The first-order chi connectivity index (χ1) is 5.25. The van der Waals surface area contributed by atoms with E-state index in [1.807, 2.05) is 0 Å². The maximum absolute atomic E-state index is 5.93. The molecule has 0 spiro atoms.